The minimum absolute atomic E-state index is 0.0635. The van der Waals surface area contributed by atoms with E-state index in [0.717, 1.165) is 6.42 Å². The first-order valence-corrected chi connectivity index (χ1v) is 4.77. The van der Waals surface area contributed by atoms with Crippen LogP contribution in [0.25, 0.3) is 0 Å². The van der Waals surface area contributed by atoms with Crippen LogP contribution in [0.4, 0.5) is 13.2 Å². The molecule has 0 aromatic heterocycles. The largest absolute Gasteiger partial charge is 0.391 e. The summed E-state index contributed by atoms with van der Waals surface area (Å²) in [5, 5.41) is 2.94. The lowest BCUT2D eigenvalue weighted by molar-refractivity contribution is -0.183. The summed E-state index contributed by atoms with van der Waals surface area (Å²) in [7, 11) is 0. The Morgan fingerprint density at radius 2 is 2.07 bits per heavy atom. The average Bonchev–Trinajstić information content (AvgIpc) is 2.14. The Labute approximate surface area is 82.1 Å². The van der Waals surface area contributed by atoms with Crippen molar-refractivity contribution in [1.82, 2.24) is 5.32 Å². The van der Waals surface area contributed by atoms with Gasteiger partial charge in [0.15, 0.2) is 0 Å². The second-order valence-corrected chi connectivity index (χ2v) is 3.69. The summed E-state index contributed by atoms with van der Waals surface area (Å²) >= 11 is 0. The molecule has 0 saturated heterocycles. The van der Waals surface area contributed by atoms with Crippen LogP contribution in [-0.2, 0) is 0 Å². The third-order valence-electron chi connectivity index (χ3n) is 2.63. The minimum Gasteiger partial charge on any atom is -0.303 e. The second kappa shape index (κ2) is 4.70. The summed E-state index contributed by atoms with van der Waals surface area (Å²) in [6, 6.07) is -0.0635. The highest BCUT2D eigenvalue weighted by atomic mass is 19.4. The molecule has 1 rings (SSSR count). The first kappa shape index (κ1) is 11.4. The first-order chi connectivity index (χ1) is 6.54. The van der Waals surface area contributed by atoms with E-state index in [0.29, 0.717) is 13.0 Å². The van der Waals surface area contributed by atoms with Gasteiger partial charge in [-0.15, -0.1) is 6.42 Å². The summed E-state index contributed by atoms with van der Waals surface area (Å²) in [6.07, 6.45) is 2.85. The third-order valence-corrected chi connectivity index (χ3v) is 2.63. The van der Waals surface area contributed by atoms with Gasteiger partial charge < -0.3 is 5.32 Å². The van der Waals surface area contributed by atoms with E-state index in [9.17, 15) is 13.2 Å². The Morgan fingerprint density at radius 3 is 2.64 bits per heavy atom. The zero-order chi connectivity index (χ0) is 10.6. The molecule has 1 saturated carbocycles. The molecule has 0 aliphatic heterocycles. The van der Waals surface area contributed by atoms with Crippen molar-refractivity contribution in [1.29, 1.82) is 0 Å². The standard InChI is InChI=1S/C10H14F3N/c1-2-6-14-9-5-3-4-8(7-9)10(11,12)13/h1,8-9,14H,3-7H2. The number of hydrogen-bond donors (Lipinski definition) is 1. The van der Waals surface area contributed by atoms with Crippen molar-refractivity contribution in [2.45, 2.75) is 37.9 Å². The van der Waals surface area contributed by atoms with E-state index in [2.05, 4.69) is 11.2 Å². The smallest absolute Gasteiger partial charge is 0.303 e. The molecule has 0 amide bonds. The highest BCUT2D eigenvalue weighted by Crippen LogP contribution is 2.37. The zero-order valence-electron chi connectivity index (χ0n) is 7.90. The van der Waals surface area contributed by atoms with Gasteiger partial charge in [-0.2, -0.15) is 13.2 Å². The van der Waals surface area contributed by atoms with Crippen LogP contribution in [0.2, 0.25) is 0 Å². The predicted molar refractivity (Wildman–Crippen MR) is 48.6 cm³/mol. The van der Waals surface area contributed by atoms with Gasteiger partial charge in [-0.05, 0) is 19.3 Å². The van der Waals surface area contributed by atoms with Crippen LogP contribution in [0.15, 0.2) is 0 Å². The molecule has 1 fully saturated rings. The summed E-state index contributed by atoms with van der Waals surface area (Å²) in [4.78, 5) is 0. The van der Waals surface area contributed by atoms with Gasteiger partial charge in [-0.25, -0.2) is 0 Å². The fourth-order valence-electron chi connectivity index (χ4n) is 1.88. The minimum atomic E-state index is -4.05. The molecule has 2 unspecified atom stereocenters. The monoisotopic (exact) mass is 205 g/mol. The van der Waals surface area contributed by atoms with Gasteiger partial charge >= 0.3 is 6.18 Å². The van der Waals surface area contributed by atoms with Crippen LogP contribution in [0.1, 0.15) is 25.7 Å². The van der Waals surface area contributed by atoms with Crippen LogP contribution < -0.4 is 5.32 Å². The van der Waals surface area contributed by atoms with Gasteiger partial charge in [0.25, 0.3) is 0 Å². The Balaban J connectivity index is 2.40. The van der Waals surface area contributed by atoms with Crippen molar-refractivity contribution in [3.05, 3.63) is 0 Å². The number of rotatable bonds is 2. The maximum Gasteiger partial charge on any atom is 0.391 e. The average molecular weight is 205 g/mol. The number of alkyl halides is 3. The van der Waals surface area contributed by atoms with Gasteiger partial charge in [-0.1, -0.05) is 12.3 Å². The molecule has 4 heteroatoms. The number of terminal acetylenes is 1. The number of hydrogen-bond acceptors (Lipinski definition) is 1. The molecule has 1 nitrogen and oxygen atoms in total. The topological polar surface area (TPSA) is 12.0 Å². The molecule has 0 heterocycles. The van der Waals surface area contributed by atoms with Crippen LogP contribution in [-0.4, -0.2) is 18.8 Å². The molecule has 0 bridgehead atoms. The zero-order valence-corrected chi connectivity index (χ0v) is 7.90. The number of nitrogens with one attached hydrogen (secondary N) is 1. The summed E-state index contributed by atoms with van der Waals surface area (Å²) < 4.78 is 37.1. The van der Waals surface area contributed by atoms with Gasteiger partial charge in [-0.3, -0.25) is 0 Å². The number of halogens is 3. The van der Waals surface area contributed by atoms with Crippen molar-refractivity contribution in [2.75, 3.05) is 6.54 Å². The molecular formula is C10H14F3N. The highest BCUT2D eigenvalue weighted by molar-refractivity contribution is 4.90. The Morgan fingerprint density at radius 1 is 1.36 bits per heavy atom. The van der Waals surface area contributed by atoms with E-state index < -0.39 is 12.1 Å². The molecule has 1 aliphatic rings. The fourth-order valence-corrected chi connectivity index (χ4v) is 1.88. The third kappa shape index (κ3) is 3.22. The quantitative estimate of drug-likeness (QED) is 0.682. The summed E-state index contributed by atoms with van der Waals surface area (Å²) in [6.45, 7) is 0.356. The van der Waals surface area contributed by atoms with Crippen LogP contribution in [0.3, 0.4) is 0 Å². The SMILES string of the molecule is C#CCNC1CCCC(C(F)(F)F)C1. The molecule has 80 valence electrons. The van der Waals surface area contributed by atoms with Crippen molar-refractivity contribution in [3.8, 4) is 12.3 Å². The summed E-state index contributed by atoms with van der Waals surface area (Å²) in [5.41, 5.74) is 0. The lowest BCUT2D eigenvalue weighted by Gasteiger charge is -2.30. The van der Waals surface area contributed by atoms with Gasteiger partial charge in [0.1, 0.15) is 0 Å². The van der Waals surface area contributed by atoms with E-state index >= 15 is 0 Å². The van der Waals surface area contributed by atoms with E-state index in [-0.39, 0.29) is 18.9 Å². The van der Waals surface area contributed by atoms with Gasteiger partial charge in [0.2, 0.25) is 0 Å². The lowest BCUT2D eigenvalue weighted by Crippen LogP contribution is -2.38. The van der Waals surface area contributed by atoms with Crippen molar-refractivity contribution >= 4 is 0 Å². The molecule has 2 atom stereocenters. The van der Waals surface area contributed by atoms with E-state index in [1.54, 1.807) is 0 Å². The van der Waals surface area contributed by atoms with Crippen LogP contribution >= 0.6 is 0 Å². The van der Waals surface area contributed by atoms with Gasteiger partial charge in [0, 0.05) is 6.04 Å². The molecule has 0 aromatic carbocycles. The lowest BCUT2D eigenvalue weighted by atomic mass is 9.85. The molecule has 0 aromatic rings. The maximum atomic E-state index is 12.4. The Bertz CT molecular complexity index is 216. The summed E-state index contributed by atoms with van der Waals surface area (Å²) in [5.74, 6) is 1.23. The van der Waals surface area contributed by atoms with Gasteiger partial charge in [0.05, 0.1) is 12.5 Å². The Hall–Kier alpha value is -0.690. The Kier molecular flexibility index (Phi) is 3.82. The van der Waals surface area contributed by atoms with E-state index in [1.807, 2.05) is 0 Å². The van der Waals surface area contributed by atoms with Crippen molar-refractivity contribution < 1.29 is 13.2 Å². The van der Waals surface area contributed by atoms with E-state index in [1.165, 1.54) is 0 Å². The molecule has 0 spiro atoms. The van der Waals surface area contributed by atoms with Crippen molar-refractivity contribution in [2.24, 2.45) is 5.92 Å². The molecule has 0 radical (unpaired) electrons. The molecular weight excluding hydrogens is 191 g/mol. The van der Waals surface area contributed by atoms with Crippen LogP contribution in [0.5, 0.6) is 0 Å². The molecule has 1 N–H and O–H groups in total. The maximum absolute atomic E-state index is 12.4. The van der Waals surface area contributed by atoms with E-state index in [4.69, 9.17) is 6.42 Å². The highest BCUT2D eigenvalue weighted by Gasteiger charge is 2.41. The van der Waals surface area contributed by atoms with Crippen molar-refractivity contribution in [3.63, 3.8) is 0 Å². The molecule has 1 aliphatic carbocycles. The fraction of sp³-hybridized carbons (Fsp3) is 0.800. The normalized spacial score (nSPS) is 28.4. The first-order valence-electron chi connectivity index (χ1n) is 4.77. The second-order valence-electron chi connectivity index (χ2n) is 3.69. The predicted octanol–water partition coefficient (Wildman–Crippen LogP) is 2.33. The van der Waals surface area contributed by atoms with Crippen LogP contribution in [0, 0.1) is 18.3 Å². The molecule has 14 heavy (non-hydrogen) atoms.